The molecule has 7 nitrogen and oxygen atoms in total. The molecule has 0 saturated carbocycles. The van der Waals surface area contributed by atoms with E-state index in [1.807, 2.05) is 32.9 Å². The first-order chi connectivity index (χ1) is 16.4. The number of carbonyl (C=O) groups excluding carboxylic acids is 2. The standard InChI is InChI=1S/C27H27NO6/c1-4-32-20-9-6-8-18(15-20)24-23(25(29)19-11-12-22(33-5-2)17(3)14-19)26(30)27(31)28(24)16-21-10-7-13-34-21/h6-15,24,29H,4-5,16H2,1-3H3/b25-23+. The quantitative estimate of drug-likeness (QED) is 0.288. The van der Waals surface area contributed by atoms with Gasteiger partial charge in [-0.2, -0.15) is 0 Å². The van der Waals surface area contributed by atoms with Crippen molar-refractivity contribution in [3.05, 3.63) is 88.9 Å². The predicted octanol–water partition coefficient (Wildman–Crippen LogP) is 5.01. The van der Waals surface area contributed by atoms with Gasteiger partial charge < -0.3 is 23.9 Å². The molecular weight excluding hydrogens is 434 g/mol. The summed E-state index contributed by atoms with van der Waals surface area (Å²) in [5.74, 6) is 0.150. The number of Topliss-reactive ketones (excluding diaryl/α,β-unsaturated/α-hetero) is 1. The van der Waals surface area contributed by atoms with Crippen LogP contribution in [0.25, 0.3) is 5.76 Å². The Balaban J connectivity index is 1.85. The molecule has 4 rings (SSSR count). The summed E-state index contributed by atoms with van der Waals surface area (Å²) in [7, 11) is 0. The van der Waals surface area contributed by atoms with Gasteiger partial charge in [-0.05, 0) is 74.4 Å². The van der Waals surface area contributed by atoms with Crippen molar-refractivity contribution in [2.75, 3.05) is 13.2 Å². The van der Waals surface area contributed by atoms with Crippen LogP contribution in [0.3, 0.4) is 0 Å². The minimum Gasteiger partial charge on any atom is -0.507 e. The summed E-state index contributed by atoms with van der Waals surface area (Å²) in [6.07, 6.45) is 1.51. The minimum absolute atomic E-state index is 0.0220. The normalized spacial score (nSPS) is 17.3. The summed E-state index contributed by atoms with van der Waals surface area (Å²) >= 11 is 0. The molecule has 1 amide bonds. The van der Waals surface area contributed by atoms with Crippen molar-refractivity contribution in [1.82, 2.24) is 4.90 Å². The monoisotopic (exact) mass is 461 g/mol. The molecule has 1 fully saturated rings. The van der Waals surface area contributed by atoms with Gasteiger partial charge in [0.15, 0.2) is 0 Å². The molecule has 1 aliphatic heterocycles. The molecule has 34 heavy (non-hydrogen) atoms. The number of amides is 1. The molecule has 1 aromatic heterocycles. The number of aliphatic hydroxyl groups is 1. The smallest absolute Gasteiger partial charge is 0.296 e. The molecule has 1 unspecified atom stereocenters. The van der Waals surface area contributed by atoms with Crippen molar-refractivity contribution in [3.8, 4) is 11.5 Å². The zero-order valence-corrected chi connectivity index (χ0v) is 19.4. The highest BCUT2D eigenvalue weighted by Gasteiger charge is 2.46. The molecule has 0 radical (unpaired) electrons. The summed E-state index contributed by atoms with van der Waals surface area (Å²) < 4.78 is 16.7. The highest BCUT2D eigenvalue weighted by atomic mass is 16.5. The summed E-state index contributed by atoms with van der Waals surface area (Å²) in [4.78, 5) is 27.7. The minimum atomic E-state index is -0.808. The van der Waals surface area contributed by atoms with Gasteiger partial charge in [0.25, 0.3) is 11.7 Å². The number of hydrogen-bond acceptors (Lipinski definition) is 6. The maximum absolute atomic E-state index is 13.2. The van der Waals surface area contributed by atoms with Gasteiger partial charge in [0, 0.05) is 5.56 Å². The second-order valence-electron chi connectivity index (χ2n) is 7.93. The Morgan fingerprint density at radius 3 is 2.50 bits per heavy atom. The van der Waals surface area contributed by atoms with Crippen molar-refractivity contribution < 1.29 is 28.6 Å². The summed E-state index contributed by atoms with van der Waals surface area (Å²) in [6.45, 7) is 6.70. The van der Waals surface area contributed by atoms with Crippen LogP contribution in [0.4, 0.5) is 0 Å². The van der Waals surface area contributed by atoms with E-state index in [1.165, 1.54) is 11.2 Å². The molecule has 176 valence electrons. The van der Waals surface area contributed by atoms with Crippen LogP contribution in [0, 0.1) is 6.92 Å². The number of aliphatic hydroxyl groups excluding tert-OH is 1. The van der Waals surface area contributed by atoms with Crippen LogP contribution >= 0.6 is 0 Å². The molecule has 3 aromatic rings. The van der Waals surface area contributed by atoms with Crippen LogP contribution in [0.5, 0.6) is 11.5 Å². The molecule has 0 aliphatic carbocycles. The highest BCUT2D eigenvalue weighted by Crippen LogP contribution is 2.41. The van der Waals surface area contributed by atoms with Crippen LogP contribution in [-0.4, -0.2) is 34.9 Å². The van der Waals surface area contributed by atoms with E-state index < -0.39 is 17.7 Å². The van der Waals surface area contributed by atoms with Crippen LogP contribution in [-0.2, 0) is 16.1 Å². The molecule has 1 saturated heterocycles. The third-order valence-electron chi connectivity index (χ3n) is 5.68. The molecule has 1 aliphatic rings. The van der Waals surface area contributed by atoms with E-state index >= 15 is 0 Å². The Labute approximate surface area is 198 Å². The van der Waals surface area contributed by atoms with Crippen molar-refractivity contribution in [2.45, 2.75) is 33.4 Å². The molecular formula is C27H27NO6. The number of likely N-dealkylation sites (tertiary alicyclic amines) is 1. The molecule has 1 N–H and O–H groups in total. The second-order valence-corrected chi connectivity index (χ2v) is 7.93. The number of carbonyl (C=O) groups is 2. The third-order valence-corrected chi connectivity index (χ3v) is 5.68. The number of aryl methyl sites for hydroxylation is 1. The van der Waals surface area contributed by atoms with E-state index in [-0.39, 0.29) is 17.9 Å². The molecule has 7 heteroatoms. The topological polar surface area (TPSA) is 89.2 Å². The Morgan fingerprint density at radius 2 is 1.82 bits per heavy atom. The van der Waals surface area contributed by atoms with Crippen molar-refractivity contribution in [2.24, 2.45) is 0 Å². The molecule has 0 bridgehead atoms. The van der Waals surface area contributed by atoms with Crippen LogP contribution in [0.1, 0.15) is 42.3 Å². The Hall–Kier alpha value is -4.00. The van der Waals surface area contributed by atoms with Crippen LogP contribution in [0.15, 0.2) is 70.9 Å². The number of rotatable bonds is 8. The number of ether oxygens (including phenoxy) is 2. The van der Waals surface area contributed by atoms with Crippen LogP contribution < -0.4 is 9.47 Å². The fourth-order valence-electron chi connectivity index (χ4n) is 4.17. The number of furan rings is 1. The SMILES string of the molecule is CCOc1cccc(C2/C(=C(\O)c3ccc(OCC)c(C)c3)C(=O)C(=O)N2Cc2ccco2)c1. The highest BCUT2D eigenvalue weighted by molar-refractivity contribution is 6.46. The van der Waals surface area contributed by atoms with E-state index in [0.717, 1.165) is 5.56 Å². The van der Waals surface area contributed by atoms with Crippen molar-refractivity contribution in [1.29, 1.82) is 0 Å². The number of benzene rings is 2. The fourth-order valence-corrected chi connectivity index (χ4v) is 4.17. The second kappa shape index (κ2) is 9.87. The van der Waals surface area contributed by atoms with Crippen LogP contribution in [0.2, 0.25) is 0 Å². The van der Waals surface area contributed by atoms with Gasteiger partial charge in [0.05, 0.1) is 37.6 Å². The van der Waals surface area contributed by atoms with Crippen molar-refractivity contribution in [3.63, 3.8) is 0 Å². The number of ketones is 1. The third kappa shape index (κ3) is 4.41. The molecule has 2 aromatic carbocycles. The summed E-state index contributed by atoms with van der Waals surface area (Å²) in [6, 6.07) is 15.0. The van der Waals surface area contributed by atoms with Gasteiger partial charge in [-0.3, -0.25) is 9.59 Å². The van der Waals surface area contributed by atoms with E-state index in [0.29, 0.717) is 41.6 Å². The van der Waals surface area contributed by atoms with Gasteiger partial charge in [-0.15, -0.1) is 0 Å². The fraction of sp³-hybridized carbons (Fsp3) is 0.259. The summed E-state index contributed by atoms with van der Waals surface area (Å²) in [5.41, 5.74) is 1.92. The predicted molar refractivity (Wildman–Crippen MR) is 127 cm³/mol. The molecule has 2 heterocycles. The van der Waals surface area contributed by atoms with Gasteiger partial charge in [0.1, 0.15) is 23.0 Å². The zero-order valence-electron chi connectivity index (χ0n) is 19.4. The Morgan fingerprint density at radius 1 is 1.03 bits per heavy atom. The molecule has 0 spiro atoms. The van der Waals surface area contributed by atoms with Crippen molar-refractivity contribution >= 4 is 17.4 Å². The van der Waals surface area contributed by atoms with E-state index in [2.05, 4.69) is 0 Å². The van der Waals surface area contributed by atoms with Gasteiger partial charge in [-0.25, -0.2) is 0 Å². The first-order valence-electron chi connectivity index (χ1n) is 11.2. The van der Waals surface area contributed by atoms with E-state index in [4.69, 9.17) is 13.9 Å². The number of nitrogens with zero attached hydrogens (tertiary/aromatic N) is 1. The van der Waals surface area contributed by atoms with Gasteiger partial charge in [-0.1, -0.05) is 12.1 Å². The maximum Gasteiger partial charge on any atom is 0.296 e. The van der Waals surface area contributed by atoms with E-state index in [9.17, 15) is 14.7 Å². The van der Waals surface area contributed by atoms with Gasteiger partial charge in [0.2, 0.25) is 0 Å². The van der Waals surface area contributed by atoms with Gasteiger partial charge >= 0.3 is 0 Å². The largest absolute Gasteiger partial charge is 0.507 e. The van der Waals surface area contributed by atoms with E-state index in [1.54, 1.807) is 42.5 Å². The average molecular weight is 462 g/mol. The lowest BCUT2D eigenvalue weighted by molar-refractivity contribution is -0.140. The Kier molecular flexibility index (Phi) is 6.72. The lowest BCUT2D eigenvalue weighted by Gasteiger charge is -2.25. The maximum atomic E-state index is 13.2. The lowest BCUT2D eigenvalue weighted by Crippen LogP contribution is -2.29. The first-order valence-corrected chi connectivity index (χ1v) is 11.2. The number of hydrogen-bond donors (Lipinski definition) is 1. The lowest BCUT2D eigenvalue weighted by atomic mass is 9.94. The first kappa shape index (κ1) is 23.2. The zero-order chi connectivity index (χ0) is 24.2. The molecule has 1 atom stereocenters. The summed E-state index contributed by atoms with van der Waals surface area (Å²) in [5, 5.41) is 11.3. The Bertz CT molecular complexity index is 1230. The average Bonchev–Trinajstić information content (AvgIpc) is 3.43.